The van der Waals surface area contributed by atoms with E-state index in [1.54, 1.807) is 20.8 Å². The number of nitrogens with zero attached hydrogens (tertiary/aromatic N) is 3. The number of amides is 2. The van der Waals surface area contributed by atoms with Crippen LogP contribution < -0.4 is 15.4 Å². The molecule has 0 spiro atoms. The van der Waals surface area contributed by atoms with Gasteiger partial charge in [-0.05, 0) is 37.1 Å². The summed E-state index contributed by atoms with van der Waals surface area (Å²) < 4.78 is 46.1. The number of nitrogens with one attached hydrogen (secondary N) is 2. The van der Waals surface area contributed by atoms with Crippen LogP contribution in [0, 0.1) is 11.7 Å². The molecule has 2 aromatic rings. The molecule has 0 aromatic carbocycles. The van der Waals surface area contributed by atoms with Gasteiger partial charge in [0.25, 0.3) is 11.8 Å². The molecule has 0 saturated heterocycles. The minimum absolute atomic E-state index is 0.0127. The Labute approximate surface area is 183 Å². The van der Waals surface area contributed by atoms with Crippen LogP contribution in [0.25, 0.3) is 0 Å². The predicted octanol–water partition coefficient (Wildman–Crippen LogP) is 3.69. The molecule has 0 aliphatic carbocycles. The predicted molar refractivity (Wildman–Crippen MR) is 111 cm³/mol. The summed E-state index contributed by atoms with van der Waals surface area (Å²) in [7, 11) is 0. The first-order chi connectivity index (χ1) is 14.9. The van der Waals surface area contributed by atoms with Crippen LogP contribution in [0.15, 0.2) is 36.7 Å². The van der Waals surface area contributed by atoms with E-state index in [0.717, 1.165) is 13.0 Å². The molecule has 172 valence electrons. The number of hydrogen-bond acceptors (Lipinski definition) is 6. The lowest BCUT2D eigenvalue weighted by molar-refractivity contribution is -0.118. The van der Waals surface area contributed by atoms with Crippen LogP contribution >= 0.6 is 0 Å². The van der Waals surface area contributed by atoms with Gasteiger partial charge in [-0.2, -0.15) is 8.78 Å². The van der Waals surface area contributed by atoms with Crippen molar-refractivity contribution in [1.82, 2.24) is 20.3 Å². The first-order valence-corrected chi connectivity index (χ1v) is 9.67. The van der Waals surface area contributed by atoms with Gasteiger partial charge in [0.15, 0.2) is 12.4 Å². The van der Waals surface area contributed by atoms with E-state index in [9.17, 15) is 22.8 Å². The van der Waals surface area contributed by atoms with Crippen molar-refractivity contribution >= 4 is 17.8 Å². The monoisotopic (exact) mass is 451 g/mol. The SMILES string of the molecule is C=C(C)C(F)(F)COc1ncc(C(C)NC(=O)c2ccnc(NC(=O)C(C)C)n2)cc1F. The molecule has 11 heteroatoms. The van der Waals surface area contributed by atoms with Crippen molar-refractivity contribution in [2.45, 2.75) is 39.7 Å². The zero-order valence-electron chi connectivity index (χ0n) is 18.1. The van der Waals surface area contributed by atoms with Gasteiger partial charge in [-0.25, -0.2) is 19.3 Å². The maximum Gasteiger partial charge on any atom is 0.302 e. The van der Waals surface area contributed by atoms with Crippen molar-refractivity contribution in [3.05, 3.63) is 53.8 Å². The number of aromatic nitrogens is 3. The second kappa shape index (κ2) is 10.2. The highest BCUT2D eigenvalue weighted by Crippen LogP contribution is 2.25. The molecule has 0 aliphatic rings. The maximum atomic E-state index is 14.3. The second-order valence-corrected chi connectivity index (χ2v) is 7.43. The van der Waals surface area contributed by atoms with Crippen molar-refractivity contribution in [1.29, 1.82) is 0 Å². The Bertz CT molecular complexity index is 1010. The zero-order chi connectivity index (χ0) is 24.1. The molecule has 2 amide bonds. The number of rotatable bonds is 9. The summed E-state index contributed by atoms with van der Waals surface area (Å²) in [6, 6.07) is 1.68. The fourth-order valence-corrected chi connectivity index (χ4v) is 2.22. The molecule has 0 saturated carbocycles. The summed E-state index contributed by atoms with van der Waals surface area (Å²) in [4.78, 5) is 35.8. The summed E-state index contributed by atoms with van der Waals surface area (Å²) in [6.07, 6.45) is 2.52. The second-order valence-electron chi connectivity index (χ2n) is 7.43. The molecule has 0 fully saturated rings. The highest BCUT2D eigenvalue weighted by molar-refractivity contribution is 5.94. The van der Waals surface area contributed by atoms with E-state index in [1.807, 2.05) is 0 Å². The molecule has 2 rings (SSSR count). The molecule has 2 aromatic heterocycles. The fourth-order valence-electron chi connectivity index (χ4n) is 2.22. The van der Waals surface area contributed by atoms with Gasteiger partial charge in [0.2, 0.25) is 11.9 Å². The normalized spacial score (nSPS) is 12.2. The van der Waals surface area contributed by atoms with E-state index < -0.39 is 41.7 Å². The van der Waals surface area contributed by atoms with Crippen molar-refractivity contribution < 1.29 is 27.5 Å². The first-order valence-electron chi connectivity index (χ1n) is 9.67. The third kappa shape index (κ3) is 6.50. The summed E-state index contributed by atoms with van der Waals surface area (Å²) in [5.74, 6) is -6.08. The lowest BCUT2D eigenvalue weighted by atomic mass is 10.1. The molecule has 2 N–H and O–H groups in total. The Kier molecular flexibility index (Phi) is 7.90. The Balaban J connectivity index is 2.05. The molecular weight excluding hydrogens is 427 g/mol. The third-order valence-electron chi connectivity index (χ3n) is 4.34. The van der Waals surface area contributed by atoms with E-state index in [-0.39, 0.29) is 29.0 Å². The number of pyridine rings is 1. The molecule has 8 nitrogen and oxygen atoms in total. The number of halogens is 3. The van der Waals surface area contributed by atoms with Crippen molar-refractivity contribution in [3.8, 4) is 5.88 Å². The van der Waals surface area contributed by atoms with Crippen molar-refractivity contribution in [3.63, 3.8) is 0 Å². The minimum Gasteiger partial charge on any atom is -0.469 e. The van der Waals surface area contributed by atoms with Crippen LogP contribution in [0.4, 0.5) is 19.1 Å². The van der Waals surface area contributed by atoms with E-state index in [0.29, 0.717) is 0 Å². The molecule has 0 aliphatic heterocycles. The Morgan fingerprint density at radius 3 is 2.53 bits per heavy atom. The van der Waals surface area contributed by atoms with Gasteiger partial charge in [0.1, 0.15) is 5.69 Å². The van der Waals surface area contributed by atoms with Gasteiger partial charge in [0.05, 0.1) is 6.04 Å². The van der Waals surface area contributed by atoms with Gasteiger partial charge in [-0.1, -0.05) is 20.4 Å². The summed E-state index contributed by atoms with van der Waals surface area (Å²) >= 11 is 0. The lowest BCUT2D eigenvalue weighted by Gasteiger charge is -2.18. The maximum absolute atomic E-state index is 14.3. The standard InChI is InChI=1S/C21H24F3N5O3/c1-11(2)17(30)29-20-25-7-6-16(28-20)18(31)27-13(5)14-8-15(22)19(26-9-14)32-10-21(23,24)12(3)4/h6-9,11,13H,3,10H2,1-2,4-5H3,(H,27,31)(H,25,28,29,30). The topological polar surface area (TPSA) is 106 Å². The summed E-state index contributed by atoms with van der Waals surface area (Å²) in [5, 5.41) is 5.10. The van der Waals surface area contributed by atoms with Gasteiger partial charge < -0.3 is 10.1 Å². The third-order valence-corrected chi connectivity index (χ3v) is 4.34. The minimum atomic E-state index is -3.32. The lowest BCUT2D eigenvalue weighted by Crippen LogP contribution is -2.29. The van der Waals surface area contributed by atoms with E-state index >= 15 is 0 Å². The number of hydrogen-bond donors (Lipinski definition) is 2. The summed E-state index contributed by atoms with van der Waals surface area (Å²) in [5.41, 5.74) is -0.152. The molecule has 1 atom stereocenters. The highest BCUT2D eigenvalue weighted by Gasteiger charge is 2.31. The largest absolute Gasteiger partial charge is 0.469 e. The summed E-state index contributed by atoms with van der Waals surface area (Å²) in [6.45, 7) is 8.18. The number of carbonyl (C=O) groups excluding carboxylic acids is 2. The van der Waals surface area contributed by atoms with Crippen molar-refractivity contribution in [2.24, 2.45) is 5.92 Å². The van der Waals surface area contributed by atoms with Gasteiger partial charge in [-0.3, -0.25) is 14.9 Å². The van der Waals surface area contributed by atoms with Gasteiger partial charge in [-0.15, -0.1) is 0 Å². The molecule has 1 unspecified atom stereocenters. The smallest absolute Gasteiger partial charge is 0.302 e. The van der Waals surface area contributed by atoms with Crippen LogP contribution in [0.5, 0.6) is 5.88 Å². The quantitative estimate of drug-likeness (QED) is 0.564. The molecule has 0 radical (unpaired) electrons. The fraction of sp³-hybridized carbons (Fsp3) is 0.381. The highest BCUT2D eigenvalue weighted by atomic mass is 19.3. The Hall–Kier alpha value is -3.50. The number of anilines is 1. The van der Waals surface area contributed by atoms with Gasteiger partial charge >= 0.3 is 5.92 Å². The van der Waals surface area contributed by atoms with Crippen molar-refractivity contribution in [2.75, 3.05) is 11.9 Å². The van der Waals surface area contributed by atoms with Crippen LogP contribution in [-0.2, 0) is 4.79 Å². The zero-order valence-corrected chi connectivity index (χ0v) is 18.1. The number of carbonyl (C=O) groups is 2. The molecular formula is C21H24F3N5O3. The first kappa shape index (κ1) is 24.8. The van der Waals surface area contributed by atoms with Gasteiger partial charge in [0, 0.05) is 18.3 Å². The Morgan fingerprint density at radius 1 is 1.25 bits per heavy atom. The molecule has 2 heterocycles. The molecule has 0 bridgehead atoms. The van der Waals surface area contributed by atoms with Crippen LogP contribution in [-0.4, -0.2) is 39.3 Å². The average Bonchev–Trinajstić information content (AvgIpc) is 2.72. The average molecular weight is 451 g/mol. The van der Waals surface area contributed by atoms with E-state index in [2.05, 4.69) is 32.2 Å². The Morgan fingerprint density at radius 2 is 1.94 bits per heavy atom. The van der Waals surface area contributed by atoms with Crippen LogP contribution in [0.1, 0.15) is 49.8 Å². The van der Waals surface area contributed by atoms with Crippen LogP contribution in [0.3, 0.4) is 0 Å². The number of alkyl halides is 2. The van der Waals surface area contributed by atoms with E-state index in [1.165, 1.54) is 18.5 Å². The molecule has 32 heavy (non-hydrogen) atoms. The van der Waals surface area contributed by atoms with Crippen LogP contribution in [0.2, 0.25) is 0 Å². The van der Waals surface area contributed by atoms with E-state index in [4.69, 9.17) is 4.74 Å². The number of ether oxygens (including phenoxy) is 1.